The monoisotopic (exact) mass is 309 g/mol. The number of H-pyrrole nitrogens is 1. The smallest absolute Gasteiger partial charge is 0.354 e. The lowest BCUT2D eigenvalue weighted by Crippen LogP contribution is -2.44. The van der Waals surface area contributed by atoms with Crippen molar-refractivity contribution in [1.29, 1.82) is 0 Å². The summed E-state index contributed by atoms with van der Waals surface area (Å²) in [6, 6.07) is -0.174. The third-order valence-electron chi connectivity index (χ3n) is 3.37. The largest absolute Gasteiger partial charge is 0.438 e. The van der Waals surface area contributed by atoms with E-state index in [0.717, 1.165) is 24.5 Å². The Labute approximate surface area is 124 Å². The van der Waals surface area contributed by atoms with Gasteiger partial charge in [0.25, 0.3) is 0 Å². The number of amides is 1. The second-order valence-corrected chi connectivity index (χ2v) is 5.62. The van der Waals surface area contributed by atoms with Crippen LogP contribution < -0.4 is 16.0 Å². The number of aromatic nitrogens is 3. The average molecular weight is 309 g/mol. The van der Waals surface area contributed by atoms with E-state index in [9.17, 15) is 9.59 Å². The van der Waals surface area contributed by atoms with Crippen molar-refractivity contribution in [3.8, 4) is 0 Å². The highest BCUT2D eigenvalue weighted by molar-refractivity contribution is 7.13. The third-order valence-corrected chi connectivity index (χ3v) is 4.18. The molecule has 3 rings (SSSR count). The Morgan fingerprint density at radius 3 is 3.24 bits per heavy atom. The lowest BCUT2D eigenvalue weighted by Gasteiger charge is -2.22. The molecule has 21 heavy (non-hydrogen) atoms. The van der Waals surface area contributed by atoms with E-state index in [-0.39, 0.29) is 11.9 Å². The first-order valence-electron chi connectivity index (χ1n) is 6.73. The standard InChI is InChI=1S/C12H15N5O3S/c18-10(13-4-3-9-15-12(19)20-16-9)8-2-1-6-17(8)11-14-5-7-21-11/h5,7-8H,1-4,6H2,(H,13,18)(H,15,16,19). The number of carbonyl (C=O) groups is 1. The molecule has 1 fully saturated rings. The van der Waals surface area contributed by atoms with Crippen molar-refractivity contribution >= 4 is 22.4 Å². The second-order valence-electron chi connectivity index (χ2n) is 4.75. The molecule has 3 heterocycles. The predicted molar refractivity (Wildman–Crippen MR) is 76.3 cm³/mol. The Morgan fingerprint density at radius 2 is 2.52 bits per heavy atom. The number of thiazole rings is 1. The molecule has 1 aliphatic rings. The van der Waals surface area contributed by atoms with Crippen LogP contribution in [0.25, 0.3) is 0 Å². The number of carbonyl (C=O) groups excluding carboxylic acids is 1. The molecule has 1 atom stereocenters. The minimum atomic E-state index is -0.581. The van der Waals surface area contributed by atoms with Crippen molar-refractivity contribution in [3.05, 3.63) is 28.0 Å². The predicted octanol–water partition coefficient (Wildman–Crippen LogP) is 0.147. The number of hydrogen-bond acceptors (Lipinski definition) is 7. The molecule has 2 N–H and O–H groups in total. The van der Waals surface area contributed by atoms with E-state index in [1.54, 1.807) is 6.20 Å². The quantitative estimate of drug-likeness (QED) is 0.814. The van der Waals surface area contributed by atoms with Crippen LogP contribution in [0.4, 0.5) is 5.13 Å². The number of nitrogens with one attached hydrogen (secondary N) is 2. The fourth-order valence-electron chi connectivity index (χ4n) is 2.42. The maximum Gasteiger partial charge on any atom is 0.438 e. The van der Waals surface area contributed by atoms with Crippen LogP contribution in [0.5, 0.6) is 0 Å². The molecule has 2 aromatic rings. The Bertz CT molecular complexity index is 650. The van der Waals surface area contributed by atoms with Crippen LogP contribution in [0.15, 0.2) is 20.9 Å². The third kappa shape index (κ3) is 3.13. The van der Waals surface area contributed by atoms with Crippen molar-refractivity contribution in [2.45, 2.75) is 25.3 Å². The fourth-order valence-corrected chi connectivity index (χ4v) is 3.14. The maximum absolute atomic E-state index is 12.3. The van der Waals surface area contributed by atoms with Crippen LogP contribution in [0.2, 0.25) is 0 Å². The molecule has 0 aromatic carbocycles. The lowest BCUT2D eigenvalue weighted by molar-refractivity contribution is -0.122. The first-order chi connectivity index (χ1) is 10.2. The van der Waals surface area contributed by atoms with Crippen LogP contribution in [0.1, 0.15) is 18.7 Å². The van der Waals surface area contributed by atoms with Gasteiger partial charge in [-0.25, -0.2) is 9.78 Å². The van der Waals surface area contributed by atoms with Crippen molar-refractivity contribution in [1.82, 2.24) is 20.4 Å². The summed E-state index contributed by atoms with van der Waals surface area (Å²) in [5.41, 5.74) is 0. The van der Waals surface area contributed by atoms with Gasteiger partial charge in [0.1, 0.15) is 6.04 Å². The van der Waals surface area contributed by atoms with Gasteiger partial charge >= 0.3 is 5.76 Å². The maximum atomic E-state index is 12.3. The zero-order valence-electron chi connectivity index (χ0n) is 11.2. The number of rotatable bonds is 5. The van der Waals surface area contributed by atoms with Gasteiger partial charge in [-0.05, 0) is 12.8 Å². The summed E-state index contributed by atoms with van der Waals surface area (Å²) in [7, 11) is 0. The van der Waals surface area contributed by atoms with Crippen molar-refractivity contribution in [3.63, 3.8) is 0 Å². The van der Waals surface area contributed by atoms with E-state index in [1.807, 2.05) is 10.3 Å². The van der Waals surface area contributed by atoms with Gasteiger partial charge in [0.2, 0.25) is 5.91 Å². The molecular formula is C12H15N5O3S. The Hall–Kier alpha value is -2.16. The zero-order valence-corrected chi connectivity index (χ0v) is 12.1. The summed E-state index contributed by atoms with van der Waals surface area (Å²) in [5.74, 6) is -0.167. The SMILES string of the molecule is O=C(NCCc1noc(=O)[nH]1)C1CCCN1c1nccs1. The molecule has 1 aliphatic heterocycles. The molecule has 9 heteroatoms. The van der Waals surface area contributed by atoms with Crippen LogP contribution in [-0.2, 0) is 11.2 Å². The molecule has 2 aromatic heterocycles. The Kier molecular flexibility index (Phi) is 4.00. The summed E-state index contributed by atoms with van der Waals surface area (Å²) >= 11 is 1.54. The van der Waals surface area contributed by atoms with Gasteiger partial charge in [-0.3, -0.25) is 14.3 Å². The molecule has 0 saturated carbocycles. The molecular weight excluding hydrogens is 294 g/mol. The minimum Gasteiger partial charge on any atom is -0.354 e. The van der Waals surface area contributed by atoms with E-state index in [1.165, 1.54) is 11.3 Å². The van der Waals surface area contributed by atoms with Gasteiger partial charge in [0, 0.05) is 31.1 Å². The van der Waals surface area contributed by atoms with E-state index in [4.69, 9.17) is 0 Å². The highest BCUT2D eigenvalue weighted by Gasteiger charge is 2.31. The van der Waals surface area contributed by atoms with Crippen LogP contribution in [0, 0.1) is 0 Å². The molecule has 0 radical (unpaired) electrons. The van der Waals surface area contributed by atoms with Gasteiger partial charge in [0.15, 0.2) is 11.0 Å². The van der Waals surface area contributed by atoms with E-state index in [0.29, 0.717) is 18.8 Å². The zero-order chi connectivity index (χ0) is 14.7. The van der Waals surface area contributed by atoms with Crippen molar-refractivity contribution in [2.75, 3.05) is 18.0 Å². The van der Waals surface area contributed by atoms with Crippen molar-refractivity contribution in [2.24, 2.45) is 0 Å². The second kappa shape index (κ2) is 6.08. The molecule has 0 spiro atoms. The summed E-state index contributed by atoms with van der Waals surface area (Å²) in [5, 5.41) is 9.21. The van der Waals surface area contributed by atoms with Crippen LogP contribution in [-0.4, -0.2) is 40.2 Å². The van der Waals surface area contributed by atoms with Gasteiger partial charge in [0.05, 0.1) is 0 Å². The minimum absolute atomic E-state index is 0.0199. The highest BCUT2D eigenvalue weighted by Crippen LogP contribution is 2.27. The van der Waals surface area contributed by atoms with Crippen molar-refractivity contribution < 1.29 is 9.32 Å². The molecule has 8 nitrogen and oxygen atoms in total. The number of aromatic amines is 1. The normalized spacial score (nSPS) is 18.1. The van der Waals surface area contributed by atoms with Crippen LogP contribution >= 0.6 is 11.3 Å². The van der Waals surface area contributed by atoms with E-state index >= 15 is 0 Å². The van der Waals surface area contributed by atoms with E-state index < -0.39 is 5.76 Å². The molecule has 0 bridgehead atoms. The van der Waals surface area contributed by atoms with Gasteiger partial charge in [-0.1, -0.05) is 5.16 Å². The molecule has 112 valence electrons. The van der Waals surface area contributed by atoms with Gasteiger partial charge in [-0.15, -0.1) is 11.3 Å². The lowest BCUT2D eigenvalue weighted by atomic mass is 10.2. The topological polar surface area (TPSA) is 104 Å². The number of hydrogen-bond donors (Lipinski definition) is 2. The Morgan fingerprint density at radius 1 is 1.62 bits per heavy atom. The van der Waals surface area contributed by atoms with E-state index in [2.05, 4.69) is 25.0 Å². The van der Waals surface area contributed by atoms with Gasteiger partial charge in [-0.2, -0.15) is 0 Å². The first kappa shape index (κ1) is 13.8. The molecule has 1 unspecified atom stereocenters. The fraction of sp³-hybridized carbons (Fsp3) is 0.500. The summed E-state index contributed by atoms with van der Waals surface area (Å²) in [6.07, 6.45) is 3.98. The average Bonchev–Trinajstić information content (AvgIpc) is 3.19. The summed E-state index contributed by atoms with van der Waals surface area (Å²) < 4.78 is 4.40. The first-order valence-corrected chi connectivity index (χ1v) is 7.61. The number of nitrogens with zero attached hydrogens (tertiary/aromatic N) is 3. The summed E-state index contributed by atoms with van der Waals surface area (Å²) in [4.78, 5) is 31.8. The highest BCUT2D eigenvalue weighted by atomic mass is 32.1. The summed E-state index contributed by atoms with van der Waals surface area (Å²) in [6.45, 7) is 1.26. The molecule has 1 saturated heterocycles. The molecule has 1 amide bonds. The Balaban J connectivity index is 1.54. The van der Waals surface area contributed by atoms with Gasteiger partial charge < -0.3 is 10.2 Å². The molecule has 0 aliphatic carbocycles. The number of anilines is 1. The van der Waals surface area contributed by atoms with Crippen LogP contribution in [0.3, 0.4) is 0 Å².